The van der Waals surface area contributed by atoms with Crippen LogP contribution in [-0.2, 0) is 11.4 Å². The quantitative estimate of drug-likeness (QED) is 0.291. The van der Waals surface area contributed by atoms with Gasteiger partial charge in [-0.2, -0.15) is 4.98 Å². The Morgan fingerprint density at radius 2 is 1.89 bits per heavy atom. The molecule has 0 spiro atoms. The number of thiophene rings is 1. The second-order valence-electron chi connectivity index (χ2n) is 10.5. The Kier molecular flexibility index (Phi) is 6.27. The number of benzene rings is 2. The molecule has 0 radical (unpaired) electrons. The van der Waals surface area contributed by atoms with Crippen molar-refractivity contribution in [2.24, 2.45) is 5.41 Å². The van der Waals surface area contributed by atoms with Gasteiger partial charge in [0.05, 0.1) is 11.5 Å². The van der Waals surface area contributed by atoms with Crippen molar-refractivity contribution >= 4 is 23.1 Å². The summed E-state index contributed by atoms with van der Waals surface area (Å²) in [5.74, 6) is 2.73. The van der Waals surface area contributed by atoms with Gasteiger partial charge < -0.3 is 14.8 Å². The molecule has 0 saturated carbocycles. The number of fused-ring (bicyclic) bond motifs is 1. The Labute approximate surface area is 226 Å². The molecule has 3 heterocycles. The van der Waals surface area contributed by atoms with Gasteiger partial charge in [0.15, 0.2) is 23.1 Å². The summed E-state index contributed by atoms with van der Waals surface area (Å²) in [6.07, 6.45) is 1.25. The van der Waals surface area contributed by atoms with Gasteiger partial charge in [0.25, 0.3) is 0 Å². The van der Waals surface area contributed by atoms with Crippen molar-refractivity contribution in [1.29, 1.82) is 0 Å². The van der Waals surface area contributed by atoms with Crippen LogP contribution in [0.2, 0.25) is 0 Å². The molecule has 1 aliphatic heterocycles. The number of nitrogens with zero attached hydrogens (tertiary/aromatic N) is 3. The number of carbonyl (C=O) groups excluding carboxylic acids is 1. The van der Waals surface area contributed by atoms with Gasteiger partial charge in [-0.1, -0.05) is 56.3 Å². The highest BCUT2D eigenvalue weighted by Crippen LogP contribution is 2.47. The number of hydrogen-bond donors (Lipinski definition) is 1. The second kappa shape index (κ2) is 9.76. The monoisotopic (exact) mass is 526 g/mol. The summed E-state index contributed by atoms with van der Waals surface area (Å²) in [5, 5.41) is 10.3. The SMILES string of the molecule is CCOc1cc(C2C3=C(CC(C)(C)CC3=O)Nc3nc(-c4cccs4)nn32)ccc1OCc1ccccc1. The molecule has 8 heteroatoms. The second-order valence-corrected chi connectivity index (χ2v) is 11.4. The molecular formula is C30H30N4O3S. The highest BCUT2D eigenvalue weighted by molar-refractivity contribution is 7.13. The lowest BCUT2D eigenvalue weighted by Gasteiger charge is -2.38. The first-order valence-corrected chi connectivity index (χ1v) is 13.8. The fraction of sp³-hybridized carbons (Fsp3) is 0.300. The average Bonchev–Trinajstić information content (AvgIpc) is 3.57. The first-order chi connectivity index (χ1) is 18.4. The molecule has 1 atom stereocenters. The van der Waals surface area contributed by atoms with E-state index >= 15 is 0 Å². The van der Waals surface area contributed by atoms with Gasteiger partial charge in [0.1, 0.15) is 12.6 Å². The van der Waals surface area contributed by atoms with Gasteiger partial charge in [-0.3, -0.25) is 4.79 Å². The van der Waals surface area contributed by atoms with Crippen molar-refractivity contribution in [1.82, 2.24) is 14.8 Å². The maximum atomic E-state index is 13.6. The van der Waals surface area contributed by atoms with Crippen LogP contribution >= 0.6 is 11.3 Å². The molecule has 1 N–H and O–H groups in total. The number of ether oxygens (including phenoxy) is 2. The van der Waals surface area contributed by atoms with Crippen LogP contribution in [0, 0.1) is 5.41 Å². The van der Waals surface area contributed by atoms with Crippen molar-refractivity contribution in [3.05, 3.63) is 88.4 Å². The Morgan fingerprint density at radius 3 is 2.66 bits per heavy atom. The van der Waals surface area contributed by atoms with Gasteiger partial charge in [-0.25, -0.2) is 4.68 Å². The molecule has 0 saturated heterocycles. The highest BCUT2D eigenvalue weighted by atomic mass is 32.1. The van der Waals surface area contributed by atoms with E-state index in [0.717, 1.165) is 33.7 Å². The van der Waals surface area contributed by atoms with Crippen LogP contribution in [0.15, 0.2) is 77.3 Å². The lowest BCUT2D eigenvalue weighted by atomic mass is 9.73. The van der Waals surface area contributed by atoms with Crippen LogP contribution in [0.25, 0.3) is 10.7 Å². The van der Waals surface area contributed by atoms with Gasteiger partial charge in [0, 0.05) is 17.7 Å². The first kappa shape index (κ1) is 24.4. The molecule has 0 amide bonds. The molecule has 1 unspecified atom stereocenters. The Balaban J connectivity index is 1.43. The number of Topliss-reactive ketones (excluding diaryl/α,β-unsaturated/α-hetero) is 1. The van der Waals surface area contributed by atoms with E-state index in [9.17, 15) is 4.79 Å². The number of ketones is 1. The molecule has 6 rings (SSSR count). The van der Waals surface area contributed by atoms with E-state index in [1.165, 1.54) is 0 Å². The highest BCUT2D eigenvalue weighted by Gasteiger charge is 2.42. The molecule has 0 bridgehead atoms. The van der Waals surface area contributed by atoms with E-state index in [2.05, 4.69) is 19.2 Å². The topological polar surface area (TPSA) is 78.3 Å². The largest absolute Gasteiger partial charge is 0.490 e. The van der Waals surface area contributed by atoms with E-state index in [-0.39, 0.29) is 11.2 Å². The number of nitrogens with one attached hydrogen (secondary N) is 1. The molecule has 2 aromatic carbocycles. The minimum Gasteiger partial charge on any atom is -0.490 e. The zero-order valence-corrected chi connectivity index (χ0v) is 22.5. The molecule has 0 fully saturated rings. The van der Waals surface area contributed by atoms with Crippen LogP contribution in [0.5, 0.6) is 11.5 Å². The van der Waals surface area contributed by atoms with Crippen molar-refractivity contribution in [2.75, 3.05) is 11.9 Å². The third kappa shape index (κ3) is 4.60. The number of anilines is 1. The summed E-state index contributed by atoms with van der Waals surface area (Å²) in [6, 6.07) is 19.6. The average molecular weight is 527 g/mol. The van der Waals surface area contributed by atoms with Gasteiger partial charge in [-0.15, -0.1) is 16.4 Å². The Hall–Kier alpha value is -3.91. The van der Waals surface area contributed by atoms with Gasteiger partial charge in [-0.05, 0) is 53.5 Å². The molecule has 2 aliphatic rings. The number of allylic oxidation sites excluding steroid dienone is 2. The first-order valence-electron chi connectivity index (χ1n) is 12.9. The molecule has 194 valence electrons. The van der Waals surface area contributed by atoms with Crippen molar-refractivity contribution in [3.63, 3.8) is 0 Å². The summed E-state index contributed by atoms with van der Waals surface area (Å²) >= 11 is 1.59. The number of aromatic nitrogens is 3. The minimum absolute atomic E-state index is 0.127. The van der Waals surface area contributed by atoms with Crippen LogP contribution < -0.4 is 14.8 Å². The van der Waals surface area contributed by atoms with Crippen LogP contribution in [-0.4, -0.2) is 27.2 Å². The number of hydrogen-bond acceptors (Lipinski definition) is 7. The van der Waals surface area contributed by atoms with Crippen LogP contribution in [0.3, 0.4) is 0 Å². The van der Waals surface area contributed by atoms with Gasteiger partial charge >= 0.3 is 0 Å². The maximum Gasteiger partial charge on any atom is 0.226 e. The van der Waals surface area contributed by atoms with E-state index < -0.39 is 6.04 Å². The van der Waals surface area contributed by atoms with E-state index in [1.807, 2.05) is 77.6 Å². The summed E-state index contributed by atoms with van der Waals surface area (Å²) in [4.78, 5) is 19.4. The maximum absolute atomic E-state index is 13.6. The summed E-state index contributed by atoms with van der Waals surface area (Å²) in [5.41, 5.74) is 3.54. The van der Waals surface area contributed by atoms with E-state index in [1.54, 1.807) is 11.3 Å². The smallest absolute Gasteiger partial charge is 0.226 e. The third-order valence-corrected chi connectivity index (χ3v) is 7.76. The lowest BCUT2D eigenvalue weighted by Crippen LogP contribution is -2.36. The zero-order valence-electron chi connectivity index (χ0n) is 21.7. The number of rotatable bonds is 7. The number of carbonyl (C=O) groups is 1. The predicted molar refractivity (Wildman–Crippen MR) is 149 cm³/mol. The van der Waals surface area contributed by atoms with Crippen molar-refractivity contribution in [2.45, 2.75) is 46.3 Å². The molecule has 4 aromatic rings. The third-order valence-electron chi connectivity index (χ3n) is 6.89. The standard InChI is InChI=1S/C30H30N4O3S/c1-4-36-24-15-20(12-13-23(24)37-18-19-9-6-5-7-10-19)27-26-21(16-30(2,3)17-22(26)35)31-29-32-28(33-34(27)29)25-11-8-14-38-25/h5-15,27H,4,16-18H2,1-3H3,(H,31,32,33). The molecule has 2 aromatic heterocycles. The van der Waals surface area contributed by atoms with Crippen molar-refractivity contribution < 1.29 is 14.3 Å². The zero-order chi connectivity index (χ0) is 26.3. The molecule has 1 aliphatic carbocycles. The Morgan fingerprint density at radius 1 is 1.05 bits per heavy atom. The van der Waals surface area contributed by atoms with E-state index in [4.69, 9.17) is 19.6 Å². The van der Waals surface area contributed by atoms with Crippen LogP contribution in [0.4, 0.5) is 5.95 Å². The fourth-order valence-corrected chi connectivity index (χ4v) is 5.90. The Bertz CT molecular complexity index is 1510. The summed E-state index contributed by atoms with van der Waals surface area (Å²) in [7, 11) is 0. The summed E-state index contributed by atoms with van der Waals surface area (Å²) in [6.45, 7) is 7.15. The summed E-state index contributed by atoms with van der Waals surface area (Å²) < 4.78 is 14.0. The van der Waals surface area contributed by atoms with Crippen molar-refractivity contribution in [3.8, 4) is 22.2 Å². The minimum atomic E-state index is -0.409. The van der Waals surface area contributed by atoms with Crippen LogP contribution in [0.1, 0.15) is 50.8 Å². The molecular weight excluding hydrogens is 496 g/mol. The van der Waals surface area contributed by atoms with Gasteiger partial charge in [0.2, 0.25) is 5.95 Å². The molecule has 38 heavy (non-hydrogen) atoms. The molecule has 7 nitrogen and oxygen atoms in total. The fourth-order valence-electron chi connectivity index (χ4n) is 5.24. The predicted octanol–water partition coefficient (Wildman–Crippen LogP) is 6.64. The lowest BCUT2D eigenvalue weighted by molar-refractivity contribution is -0.118. The van der Waals surface area contributed by atoms with E-state index in [0.29, 0.717) is 42.9 Å². The normalized spacial score (nSPS) is 18.0.